The van der Waals surface area contributed by atoms with Crippen LogP contribution in [0, 0.1) is 0 Å². The maximum atomic E-state index is 12.8. The fourth-order valence-electron chi connectivity index (χ4n) is 3.27. The highest BCUT2D eigenvalue weighted by molar-refractivity contribution is 6.65. The molecule has 2 heterocycles. The number of hydrogen-bond donors (Lipinski definition) is 0. The first kappa shape index (κ1) is 19.7. The predicted molar refractivity (Wildman–Crippen MR) is 105 cm³/mol. The number of nitrogens with zero attached hydrogens (tertiary/aromatic N) is 2. The average molecular weight is 379 g/mol. The number of benzene rings is 1. The van der Waals surface area contributed by atoms with Crippen molar-refractivity contribution in [2.24, 2.45) is 0 Å². The Balaban J connectivity index is 1.73. The van der Waals surface area contributed by atoms with E-state index >= 15 is 0 Å². The third-order valence-electron chi connectivity index (χ3n) is 5.86. The molecule has 0 spiro atoms. The number of halogens is 1. The molecule has 1 amide bonds. The number of carbonyl (C=O) groups is 1. The minimum atomic E-state index is -0.523. The molecule has 3 rings (SSSR count). The van der Waals surface area contributed by atoms with E-state index in [-0.39, 0.29) is 5.91 Å². The lowest BCUT2D eigenvalue weighted by molar-refractivity contribution is 0.00578. The highest BCUT2D eigenvalue weighted by Gasteiger charge is 2.52. The molecular weight excluding hydrogens is 350 g/mol. The molecule has 2 aliphatic heterocycles. The van der Waals surface area contributed by atoms with Gasteiger partial charge in [0, 0.05) is 42.2 Å². The van der Waals surface area contributed by atoms with Crippen LogP contribution in [0.3, 0.4) is 0 Å². The van der Waals surface area contributed by atoms with E-state index in [2.05, 4.69) is 11.8 Å². The van der Waals surface area contributed by atoms with Gasteiger partial charge in [0.15, 0.2) is 0 Å². The predicted octanol–water partition coefficient (Wildman–Crippen LogP) is 2.42. The lowest BCUT2D eigenvalue weighted by atomic mass is 9.78. The van der Waals surface area contributed by atoms with E-state index in [4.69, 9.17) is 20.9 Å². The van der Waals surface area contributed by atoms with Gasteiger partial charge < -0.3 is 19.1 Å². The summed E-state index contributed by atoms with van der Waals surface area (Å²) in [6.07, 6.45) is 0. The van der Waals surface area contributed by atoms with Crippen LogP contribution in [0.5, 0.6) is 0 Å². The Morgan fingerprint density at radius 2 is 1.69 bits per heavy atom. The highest BCUT2D eigenvalue weighted by Crippen LogP contribution is 2.37. The number of rotatable bonds is 3. The molecule has 0 bridgehead atoms. The molecule has 0 aromatic heterocycles. The van der Waals surface area contributed by atoms with Gasteiger partial charge in [-0.25, -0.2) is 0 Å². The Kier molecular flexibility index (Phi) is 5.41. The van der Waals surface area contributed by atoms with Gasteiger partial charge in [-0.05, 0) is 46.4 Å². The van der Waals surface area contributed by atoms with Gasteiger partial charge >= 0.3 is 7.12 Å². The van der Waals surface area contributed by atoms with E-state index in [1.165, 1.54) is 0 Å². The van der Waals surface area contributed by atoms with Crippen LogP contribution < -0.4 is 5.46 Å². The van der Waals surface area contributed by atoms with Gasteiger partial charge in [-0.15, -0.1) is 0 Å². The van der Waals surface area contributed by atoms with Gasteiger partial charge in [0.25, 0.3) is 5.91 Å². The van der Waals surface area contributed by atoms with E-state index in [1.54, 1.807) is 6.07 Å². The van der Waals surface area contributed by atoms with E-state index in [9.17, 15) is 4.79 Å². The van der Waals surface area contributed by atoms with Crippen molar-refractivity contribution in [1.29, 1.82) is 0 Å². The Hall–Kier alpha value is -1.08. The fraction of sp³-hybridized carbons (Fsp3) is 0.632. The number of hydrogen-bond acceptors (Lipinski definition) is 4. The van der Waals surface area contributed by atoms with Crippen molar-refractivity contribution in [2.45, 2.75) is 45.8 Å². The third kappa shape index (κ3) is 3.65. The maximum Gasteiger partial charge on any atom is 0.496 e. The van der Waals surface area contributed by atoms with Gasteiger partial charge in [-0.3, -0.25) is 4.79 Å². The molecule has 142 valence electrons. The molecule has 2 fully saturated rings. The smallest absolute Gasteiger partial charge is 0.399 e. The van der Waals surface area contributed by atoms with Crippen LogP contribution in [0.4, 0.5) is 0 Å². The molecule has 2 saturated heterocycles. The van der Waals surface area contributed by atoms with Gasteiger partial charge in [0.1, 0.15) is 0 Å². The van der Waals surface area contributed by atoms with Crippen LogP contribution in [0.15, 0.2) is 18.2 Å². The Morgan fingerprint density at radius 1 is 1.12 bits per heavy atom. The zero-order valence-corrected chi connectivity index (χ0v) is 17.1. The summed E-state index contributed by atoms with van der Waals surface area (Å²) in [6, 6.07) is 5.40. The van der Waals surface area contributed by atoms with Crippen LogP contribution >= 0.6 is 11.6 Å². The van der Waals surface area contributed by atoms with Crippen LogP contribution in [0.1, 0.15) is 45.0 Å². The number of piperazine rings is 1. The second kappa shape index (κ2) is 7.15. The summed E-state index contributed by atoms with van der Waals surface area (Å²) in [6.45, 7) is 14.5. The zero-order chi connectivity index (χ0) is 19.1. The largest absolute Gasteiger partial charge is 0.496 e. The van der Waals surface area contributed by atoms with Crippen molar-refractivity contribution in [1.82, 2.24) is 9.80 Å². The summed E-state index contributed by atoms with van der Waals surface area (Å²) in [5, 5.41) is 0.501. The normalized spacial score (nSPS) is 22.7. The van der Waals surface area contributed by atoms with Crippen molar-refractivity contribution in [3.05, 3.63) is 28.8 Å². The number of carbonyl (C=O) groups excluding carboxylic acids is 1. The molecule has 0 N–H and O–H groups in total. The van der Waals surface area contributed by atoms with Gasteiger partial charge in [-0.2, -0.15) is 0 Å². The second-order valence-corrected chi connectivity index (χ2v) is 8.46. The molecule has 0 saturated carbocycles. The number of amides is 1. The van der Waals surface area contributed by atoms with Crippen molar-refractivity contribution in [3.63, 3.8) is 0 Å². The lowest BCUT2D eigenvalue weighted by Crippen LogP contribution is -2.48. The molecule has 0 aliphatic carbocycles. The minimum Gasteiger partial charge on any atom is -0.399 e. The van der Waals surface area contributed by atoms with E-state index < -0.39 is 18.3 Å². The molecule has 0 radical (unpaired) electrons. The second-order valence-electron chi connectivity index (χ2n) is 8.05. The minimum absolute atomic E-state index is 0.0307. The first-order chi connectivity index (χ1) is 12.1. The first-order valence-electron chi connectivity index (χ1n) is 9.31. The molecule has 5 nitrogen and oxygen atoms in total. The van der Waals surface area contributed by atoms with Gasteiger partial charge in [0.05, 0.1) is 11.2 Å². The fourth-order valence-corrected chi connectivity index (χ4v) is 3.54. The summed E-state index contributed by atoms with van der Waals surface area (Å²) in [4.78, 5) is 17.0. The zero-order valence-electron chi connectivity index (χ0n) is 16.3. The molecule has 0 atom stereocenters. The van der Waals surface area contributed by atoms with Crippen molar-refractivity contribution in [2.75, 3.05) is 32.7 Å². The molecule has 26 heavy (non-hydrogen) atoms. The maximum absolute atomic E-state index is 12.8. The van der Waals surface area contributed by atoms with E-state index in [0.29, 0.717) is 10.6 Å². The molecule has 0 unspecified atom stereocenters. The number of likely N-dealkylation sites (N-methyl/N-ethyl adjacent to an activating group) is 1. The van der Waals surface area contributed by atoms with E-state index in [0.717, 1.165) is 38.2 Å². The standard InChI is InChI=1S/C19H28BClN2O3/c1-6-22-9-11-23(12-10-22)17(24)14-7-8-15(16(21)13-14)20-25-18(2,3)19(4,5)26-20/h7-8,13H,6,9-12H2,1-5H3. The van der Waals surface area contributed by atoms with Crippen LogP contribution in [-0.2, 0) is 9.31 Å². The van der Waals surface area contributed by atoms with Crippen LogP contribution in [0.2, 0.25) is 5.02 Å². The molecule has 2 aliphatic rings. The van der Waals surface area contributed by atoms with Crippen LogP contribution in [0.25, 0.3) is 0 Å². The SMILES string of the molecule is CCN1CCN(C(=O)c2ccc(B3OC(C)(C)C(C)(C)O3)c(Cl)c2)CC1. The van der Waals surface area contributed by atoms with Gasteiger partial charge in [0.2, 0.25) is 0 Å². The Labute approximate surface area is 161 Å². The van der Waals surface area contributed by atoms with Crippen LogP contribution in [-0.4, -0.2) is 66.8 Å². The third-order valence-corrected chi connectivity index (χ3v) is 6.19. The summed E-state index contributed by atoms with van der Waals surface area (Å²) in [5.41, 5.74) is 0.529. The topological polar surface area (TPSA) is 42.0 Å². The lowest BCUT2D eigenvalue weighted by Gasteiger charge is -2.34. The monoisotopic (exact) mass is 378 g/mol. The van der Waals surface area contributed by atoms with Crippen molar-refractivity contribution in [3.8, 4) is 0 Å². The van der Waals surface area contributed by atoms with E-state index in [1.807, 2.05) is 44.7 Å². The quantitative estimate of drug-likeness (QED) is 0.758. The summed E-state index contributed by atoms with van der Waals surface area (Å²) >= 11 is 6.49. The Bertz CT molecular complexity index is 671. The molecule has 7 heteroatoms. The van der Waals surface area contributed by atoms with Crippen molar-refractivity contribution < 1.29 is 14.1 Å². The summed E-state index contributed by atoms with van der Waals surface area (Å²) in [7, 11) is -0.523. The Morgan fingerprint density at radius 3 is 2.19 bits per heavy atom. The average Bonchev–Trinajstić information content (AvgIpc) is 2.81. The summed E-state index contributed by atoms with van der Waals surface area (Å²) in [5.74, 6) is 0.0307. The first-order valence-corrected chi connectivity index (χ1v) is 9.69. The molecule has 1 aromatic rings. The summed E-state index contributed by atoms with van der Waals surface area (Å²) < 4.78 is 12.1. The van der Waals surface area contributed by atoms with Crippen molar-refractivity contribution >= 4 is 30.1 Å². The van der Waals surface area contributed by atoms with Gasteiger partial charge in [-0.1, -0.05) is 24.6 Å². The highest BCUT2D eigenvalue weighted by atomic mass is 35.5. The molecule has 1 aromatic carbocycles. The molecular formula is C19H28BClN2O3.